The van der Waals surface area contributed by atoms with E-state index in [1.54, 1.807) is 43.3 Å². The Kier molecular flexibility index (Phi) is 7.50. The highest BCUT2D eigenvalue weighted by molar-refractivity contribution is 7.89. The number of sulfonamides is 1. The number of ether oxygens (including phenoxy) is 1. The summed E-state index contributed by atoms with van der Waals surface area (Å²) in [6, 6.07) is 17.5. The zero-order valence-electron chi connectivity index (χ0n) is 17.5. The zero-order chi connectivity index (χ0) is 23.3. The van der Waals surface area contributed by atoms with Crippen LogP contribution in [0.15, 0.2) is 71.6 Å². The standard InChI is InChI=1S/C23H22ClFN2O4S/c1-16-8-11-21(31-2)22(12-16)32(29,30)27(14-17-6-4-3-5-7-17)15-23(28)26-18-9-10-20(25)19(24)13-18/h3-13H,14-15H2,1-2H3,(H,26,28). The first-order chi connectivity index (χ1) is 15.2. The fourth-order valence-electron chi connectivity index (χ4n) is 3.07. The van der Waals surface area contributed by atoms with E-state index in [2.05, 4.69) is 5.32 Å². The van der Waals surface area contributed by atoms with Crippen molar-refractivity contribution in [2.45, 2.75) is 18.4 Å². The summed E-state index contributed by atoms with van der Waals surface area (Å²) in [5, 5.41) is 2.41. The van der Waals surface area contributed by atoms with Gasteiger partial charge in [0.1, 0.15) is 16.5 Å². The lowest BCUT2D eigenvalue weighted by Gasteiger charge is -2.23. The molecule has 3 aromatic rings. The Bertz CT molecular complexity index is 1220. The topological polar surface area (TPSA) is 75.7 Å². The molecule has 0 spiro atoms. The van der Waals surface area contributed by atoms with E-state index in [1.807, 2.05) is 6.07 Å². The van der Waals surface area contributed by atoms with Gasteiger partial charge < -0.3 is 10.1 Å². The number of halogens is 2. The first kappa shape index (κ1) is 23.7. The SMILES string of the molecule is COc1ccc(C)cc1S(=O)(=O)N(CC(=O)Nc1ccc(F)c(Cl)c1)Cc1ccccc1. The second-order valence-electron chi connectivity index (χ2n) is 7.09. The Hall–Kier alpha value is -2.94. The van der Waals surface area contributed by atoms with Crippen molar-refractivity contribution in [3.8, 4) is 5.75 Å². The molecule has 0 aliphatic heterocycles. The molecule has 3 rings (SSSR count). The third-order valence-electron chi connectivity index (χ3n) is 4.66. The second kappa shape index (κ2) is 10.1. The van der Waals surface area contributed by atoms with Crippen LogP contribution >= 0.6 is 11.6 Å². The van der Waals surface area contributed by atoms with Gasteiger partial charge in [-0.1, -0.05) is 48.0 Å². The van der Waals surface area contributed by atoms with Crippen molar-refractivity contribution in [1.82, 2.24) is 4.31 Å². The van der Waals surface area contributed by atoms with Crippen molar-refractivity contribution >= 4 is 33.2 Å². The average Bonchev–Trinajstić information content (AvgIpc) is 2.76. The van der Waals surface area contributed by atoms with E-state index in [0.29, 0.717) is 5.56 Å². The van der Waals surface area contributed by atoms with Gasteiger partial charge in [-0.25, -0.2) is 12.8 Å². The molecule has 0 fully saturated rings. The zero-order valence-corrected chi connectivity index (χ0v) is 19.1. The van der Waals surface area contributed by atoms with Gasteiger partial charge in [-0.2, -0.15) is 4.31 Å². The highest BCUT2D eigenvalue weighted by atomic mass is 35.5. The van der Waals surface area contributed by atoms with Gasteiger partial charge in [-0.15, -0.1) is 0 Å². The molecule has 0 saturated carbocycles. The van der Waals surface area contributed by atoms with E-state index in [1.165, 1.54) is 25.3 Å². The number of carbonyl (C=O) groups excluding carboxylic acids is 1. The molecule has 6 nitrogen and oxygen atoms in total. The summed E-state index contributed by atoms with van der Waals surface area (Å²) in [4.78, 5) is 12.7. The van der Waals surface area contributed by atoms with Crippen LogP contribution in [0.25, 0.3) is 0 Å². The number of hydrogen-bond acceptors (Lipinski definition) is 4. The number of amides is 1. The molecule has 0 atom stereocenters. The van der Waals surface area contributed by atoms with E-state index in [0.717, 1.165) is 15.9 Å². The van der Waals surface area contributed by atoms with Gasteiger partial charge in [0.05, 0.1) is 18.7 Å². The molecule has 0 saturated heterocycles. The number of methoxy groups -OCH3 is 1. The number of nitrogens with one attached hydrogen (secondary N) is 1. The van der Waals surface area contributed by atoms with E-state index >= 15 is 0 Å². The molecule has 1 amide bonds. The van der Waals surface area contributed by atoms with Crippen molar-refractivity contribution in [3.63, 3.8) is 0 Å². The van der Waals surface area contributed by atoms with Crippen LogP contribution in [0, 0.1) is 12.7 Å². The van der Waals surface area contributed by atoms with Crippen LogP contribution in [0.2, 0.25) is 5.02 Å². The predicted molar refractivity (Wildman–Crippen MR) is 122 cm³/mol. The molecule has 0 aromatic heterocycles. The van der Waals surface area contributed by atoms with Gasteiger partial charge in [-0.3, -0.25) is 4.79 Å². The molecule has 0 aliphatic carbocycles. The summed E-state index contributed by atoms with van der Waals surface area (Å²) >= 11 is 5.76. The molecule has 1 N–H and O–H groups in total. The quantitative estimate of drug-likeness (QED) is 0.514. The summed E-state index contributed by atoms with van der Waals surface area (Å²) in [5.41, 5.74) is 1.70. The monoisotopic (exact) mass is 476 g/mol. The highest BCUT2D eigenvalue weighted by Gasteiger charge is 2.30. The van der Waals surface area contributed by atoms with Crippen LogP contribution in [-0.4, -0.2) is 32.3 Å². The summed E-state index contributed by atoms with van der Waals surface area (Å²) in [6.45, 7) is 1.27. The summed E-state index contributed by atoms with van der Waals surface area (Å²) < 4.78 is 46.8. The number of nitrogens with zero attached hydrogens (tertiary/aromatic N) is 1. The maximum absolute atomic E-state index is 13.6. The lowest BCUT2D eigenvalue weighted by atomic mass is 10.2. The van der Waals surface area contributed by atoms with E-state index in [-0.39, 0.29) is 27.9 Å². The van der Waals surface area contributed by atoms with Crippen LogP contribution in [0.1, 0.15) is 11.1 Å². The number of anilines is 1. The van der Waals surface area contributed by atoms with Gasteiger partial charge in [0.15, 0.2) is 0 Å². The molecule has 0 heterocycles. The van der Waals surface area contributed by atoms with Crippen molar-refractivity contribution in [1.29, 1.82) is 0 Å². The molecule has 0 bridgehead atoms. The Labute approximate surface area is 191 Å². The fraction of sp³-hybridized carbons (Fsp3) is 0.174. The average molecular weight is 477 g/mol. The van der Waals surface area contributed by atoms with Gasteiger partial charge >= 0.3 is 0 Å². The van der Waals surface area contributed by atoms with Crippen LogP contribution in [-0.2, 0) is 21.4 Å². The lowest BCUT2D eigenvalue weighted by molar-refractivity contribution is -0.116. The van der Waals surface area contributed by atoms with Crippen molar-refractivity contribution in [2.24, 2.45) is 0 Å². The molecule has 0 unspecified atom stereocenters. The number of benzene rings is 3. The largest absolute Gasteiger partial charge is 0.495 e. The Morgan fingerprint density at radius 3 is 2.47 bits per heavy atom. The van der Waals surface area contributed by atoms with Gasteiger partial charge in [0.25, 0.3) is 0 Å². The lowest BCUT2D eigenvalue weighted by Crippen LogP contribution is -2.37. The predicted octanol–water partition coefficient (Wildman–Crippen LogP) is 4.63. The molecule has 0 radical (unpaired) electrons. The maximum Gasteiger partial charge on any atom is 0.247 e. The van der Waals surface area contributed by atoms with Gasteiger partial charge in [0.2, 0.25) is 15.9 Å². The smallest absolute Gasteiger partial charge is 0.247 e. The molecule has 32 heavy (non-hydrogen) atoms. The Morgan fingerprint density at radius 1 is 1.09 bits per heavy atom. The van der Waals surface area contributed by atoms with Crippen molar-refractivity contribution in [2.75, 3.05) is 19.0 Å². The molecule has 168 valence electrons. The van der Waals surface area contributed by atoms with E-state index < -0.39 is 28.3 Å². The minimum atomic E-state index is -4.11. The minimum Gasteiger partial charge on any atom is -0.495 e. The van der Waals surface area contributed by atoms with Gasteiger partial charge in [-0.05, 0) is 48.4 Å². The minimum absolute atomic E-state index is 0.0299. The number of aryl methyl sites for hydroxylation is 1. The van der Waals surface area contributed by atoms with Crippen LogP contribution < -0.4 is 10.1 Å². The number of rotatable bonds is 8. The summed E-state index contributed by atoms with van der Waals surface area (Å²) in [6.07, 6.45) is 0. The fourth-order valence-corrected chi connectivity index (χ4v) is 4.88. The third kappa shape index (κ3) is 5.64. The summed E-state index contributed by atoms with van der Waals surface area (Å²) in [5.74, 6) is -1.04. The number of hydrogen-bond donors (Lipinski definition) is 1. The highest BCUT2D eigenvalue weighted by Crippen LogP contribution is 2.29. The van der Waals surface area contributed by atoms with Crippen LogP contribution in [0.5, 0.6) is 5.75 Å². The van der Waals surface area contributed by atoms with Crippen LogP contribution in [0.3, 0.4) is 0 Å². The number of carbonyl (C=O) groups is 1. The maximum atomic E-state index is 13.6. The van der Waals surface area contributed by atoms with Gasteiger partial charge in [0, 0.05) is 12.2 Å². The summed E-state index contributed by atoms with van der Waals surface area (Å²) in [7, 11) is -2.72. The molecular weight excluding hydrogens is 455 g/mol. The molecule has 0 aliphatic rings. The first-order valence-corrected chi connectivity index (χ1v) is 11.5. The molecule has 3 aromatic carbocycles. The molecule has 9 heteroatoms. The second-order valence-corrected chi connectivity index (χ2v) is 9.40. The van der Waals surface area contributed by atoms with E-state index in [9.17, 15) is 17.6 Å². The normalized spacial score (nSPS) is 11.4. The van der Waals surface area contributed by atoms with Crippen molar-refractivity contribution in [3.05, 3.63) is 88.7 Å². The Morgan fingerprint density at radius 2 is 1.81 bits per heavy atom. The van der Waals surface area contributed by atoms with Crippen molar-refractivity contribution < 1.29 is 22.3 Å². The van der Waals surface area contributed by atoms with E-state index in [4.69, 9.17) is 16.3 Å². The Balaban J connectivity index is 1.93. The molecular formula is C23H22ClFN2O4S. The van der Waals surface area contributed by atoms with Crippen LogP contribution in [0.4, 0.5) is 10.1 Å². The first-order valence-electron chi connectivity index (χ1n) is 9.64. The third-order valence-corrected chi connectivity index (χ3v) is 6.76.